The summed E-state index contributed by atoms with van der Waals surface area (Å²) in [7, 11) is 1.68. The van der Waals surface area contributed by atoms with Crippen LogP contribution in [0.3, 0.4) is 0 Å². The van der Waals surface area contributed by atoms with Gasteiger partial charge in [-0.1, -0.05) is 26.0 Å². The molecule has 0 spiro atoms. The van der Waals surface area contributed by atoms with Crippen molar-refractivity contribution in [2.45, 2.75) is 45.2 Å². The van der Waals surface area contributed by atoms with E-state index in [1.54, 1.807) is 7.11 Å². The Bertz CT molecular complexity index is 615. The first-order valence-corrected chi connectivity index (χ1v) is 10.00. The fourth-order valence-corrected chi connectivity index (χ4v) is 5.01. The summed E-state index contributed by atoms with van der Waals surface area (Å²) in [6.45, 7) is 6.78. The molecule has 5 heteroatoms. The van der Waals surface area contributed by atoms with E-state index in [4.69, 9.17) is 10.5 Å². The maximum absolute atomic E-state index is 12.9. The average Bonchev–Trinajstić information content (AvgIpc) is 3.26. The molecule has 3 rings (SSSR count). The molecule has 1 aromatic rings. The Morgan fingerprint density at radius 1 is 1.31 bits per heavy atom. The Balaban J connectivity index is 1.70. The van der Waals surface area contributed by atoms with Gasteiger partial charge in [0.15, 0.2) is 0 Å². The monoisotopic (exact) mass is 359 g/mol. The van der Waals surface area contributed by atoms with Crippen LogP contribution in [0.5, 0.6) is 5.75 Å². The first-order chi connectivity index (χ1) is 12.6. The highest BCUT2D eigenvalue weighted by Gasteiger charge is 2.49. The summed E-state index contributed by atoms with van der Waals surface area (Å²) in [6, 6.07) is 8.32. The predicted octanol–water partition coefficient (Wildman–Crippen LogP) is 2.57. The van der Waals surface area contributed by atoms with E-state index in [-0.39, 0.29) is 23.9 Å². The number of rotatable bonds is 8. The Labute approximate surface area is 157 Å². The van der Waals surface area contributed by atoms with Crippen molar-refractivity contribution in [3.05, 3.63) is 29.8 Å². The van der Waals surface area contributed by atoms with Gasteiger partial charge in [0, 0.05) is 12.6 Å². The third-order valence-corrected chi connectivity index (χ3v) is 6.48. The standard InChI is InChI=1S/C21H33N3O2/c1-4-24(5-2)18(14-7-6-8-17(12-14)26-3)13-23-21(25)19-15-9-10-16(11-15)20(19)22/h6-8,12,15-16,18-20H,4-5,9-11,13,22H2,1-3H3,(H,23,25). The molecule has 2 saturated carbocycles. The van der Waals surface area contributed by atoms with E-state index in [0.29, 0.717) is 18.4 Å². The van der Waals surface area contributed by atoms with Gasteiger partial charge in [-0.3, -0.25) is 9.69 Å². The predicted molar refractivity (Wildman–Crippen MR) is 104 cm³/mol. The van der Waals surface area contributed by atoms with E-state index in [9.17, 15) is 4.79 Å². The second-order valence-corrected chi connectivity index (χ2v) is 7.70. The van der Waals surface area contributed by atoms with Crippen LogP contribution in [0.2, 0.25) is 0 Å². The lowest BCUT2D eigenvalue weighted by Gasteiger charge is -2.32. The van der Waals surface area contributed by atoms with Crippen LogP contribution < -0.4 is 15.8 Å². The maximum Gasteiger partial charge on any atom is 0.225 e. The van der Waals surface area contributed by atoms with Crippen molar-refractivity contribution in [2.75, 3.05) is 26.7 Å². The molecule has 1 amide bonds. The minimum Gasteiger partial charge on any atom is -0.497 e. The molecule has 1 aromatic carbocycles. The topological polar surface area (TPSA) is 67.6 Å². The number of nitrogens with one attached hydrogen (secondary N) is 1. The van der Waals surface area contributed by atoms with Crippen molar-refractivity contribution in [1.82, 2.24) is 10.2 Å². The molecule has 2 aliphatic carbocycles. The van der Waals surface area contributed by atoms with E-state index in [0.717, 1.165) is 31.7 Å². The highest BCUT2D eigenvalue weighted by molar-refractivity contribution is 5.80. The molecule has 0 heterocycles. The van der Waals surface area contributed by atoms with Crippen LogP contribution in [0.4, 0.5) is 0 Å². The van der Waals surface area contributed by atoms with Crippen LogP contribution >= 0.6 is 0 Å². The van der Waals surface area contributed by atoms with Crippen LogP contribution in [0.1, 0.15) is 44.7 Å². The number of nitrogens with zero attached hydrogens (tertiary/aromatic N) is 1. The summed E-state index contributed by atoms with van der Waals surface area (Å²) in [6.07, 6.45) is 3.49. The number of amides is 1. The molecule has 0 aliphatic heterocycles. The van der Waals surface area contributed by atoms with Crippen molar-refractivity contribution >= 4 is 5.91 Å². The van der Waals surface area contributed by atoms with Crippen LogP contribution in [-0.2, 0) is 4.79 Å². The van der Waals surface area contributed by atoms with E-state index in [2.05, 4.69) is 36.2 Å². The van der Waals surface area contributed by atoms with Gasteiger partial charge < -0.3 is 15.8 Å². The summed E-state index contributed by atoms with van der Waals surface area (Å²) in [5.41, 5.74) is 7.52. The fourth-order valence-electron chi connectivity index (χ4n) is 5.01. The summed E-state index contributed by atoms with van der Waals surface area (Å²) >= 11 is 0. The summed E-state index contributed by atoms with van der Waals surface area (Å²) in [5, 5.41) is 3.22. The number of likely N-dealkylation sites (N-methyl/N-ethyl adjacent to an activating group) is 1. The molecule has 2 fully saturated rings. The van der Waals surface area contributed by atoms with Crippen molar-refractivity contribution in [2.24, 2.45) is 23.5 Å². The minimum atomic E-state index is -0.00332. The average molecular weight is 360 g/mol. The minimum absolute atomic E-state index is 0.00332. The van der Waals surface area contributed by atoms with Gasteiger partial charge >= 0.3 is 0 Å². The van der Waals surface area contributed by atoms with Gasteiger partial charge in [0.2, 0.25) is 5.91 Å². The van der Waals surface area contributed by atoms with Gasteiger partial charge in [0.05, 0.1) is 19.1 Å². The molecule has 26 heavy (non-hydrogen) atoms. The third kappa shape index (κ3) is 3.74. The molecule has 2 aliphatic rings. The van der Waals surface area contributed by atoms with E-state index in [1.165, 1.54) is 12.0 Å². The molecular formula is C21H33N3O2. The number of fused-ring (bicyclic) bond motifs is 2. The SMILES string of the molecule is CCN(CC)C(CNC(=O)C1C2CCC(C2)C1N)c1cccc(OC)c1. The number of hydrogen-bond acceptors (Lipinski definition) is 4. The zero-order chi connectivity index (χ0) is 18.7. The second kappa shape index (κ2) is 8.40. The number of methoxy groups -OCH3 is 1. The molecule has 2 bridgehead atoms. The van der Waals surface area contributed by atoms with E-state index in [1.807, 2.05) is 12.1 Å². The number of benzene rings is 1. The molecule has 0 radical (unpaired) electrons. The lowest BCUT2D eigenvalue weighted by molar-refractivity contribution is -0.127. The van der Waals surface area contributed by atoms with Gasteiger partial charge in [0.1, 0.15) is 5.75 Å². The molecule has 3 N–H and O–H groups in total. The van der Waals surface area contributed by atoms with Crippen LogP contribution in [0.15, 0.2) is 24.3 Å². The molecule has 5 nitrogen and oxygen atoms in total. The fraction of sp³-hybridized carbons (Fsp3) is 0.667. The Morgan fingerprint density at radius 3 is 2.65 bits per heavy atom. The first kappa shape index (κ1) is 19.2. The second-order valence-electron chi connectivity index (χ2n) is 7.70. The molecule has 0 aromatic heterocycles. The van der Waals surface area contributed by atoms with Crippen LogP contribution in [0.25, 0.3) is 0 Å². The van der Waals surface area contributed by atoms with E-state index < -0.39 is 0 Å². The van der Waals surface area contributed by atoms with Crippen molar-refractivity contribution in [3.8, 4) is 5.75 Å². The van der Waals surface area contributed by atoms with Crippen LogP contribution in [0, 0.1) is 17.8 Å². The van der Waals surface area contributed by atoms with Gasteiger partial charge in [-0.05, 0) is 61.9 Å². The maximum atomic E-state index is 12.9. The smallest absolute Gasteiger partial charge is 0.225 e. The quantitative estimate of drug-likeness (QED) is 0.749. The third-order valence-electron chi connectivity index (χ3n) is 6.48. The van der Waals surface area contributed by atoms with Gasteiger partial charge in [-0.25, -0.2) is 0 Å². The molecule has 5 atom stereocenters. The lowest BCUT2D eigenvalue weighted by Crippen LogP contribution is -2.47. The van der Waals surface area contributed by atoms with E-state index >= 15 is 0 Å². The Kier molecular flexibility index (Phi) is 6.20. The van der Waals surface area contributed by atoms with Gasteiger partial charge in [0.25, 0.3) is 0 Å². The molecule has 5 unspecified atom stereocenters. The number of ether oxygens (including phenoxy) is 1. The van der Waals surface area contributed by atoms with Crippen LogP contribution in [-0.4, -0.2) is 43.6 Å². The summed E-state index contributed by atoms with van der Waals surface area (Å²) in [4.78, 5) is 15.2. The molecular weight excluding hydrogens is 326 g/mol. The largest absolute Gasteiger partial charge is 0.497 e. The Hall–Kier alpha value is -1.59. The number of carbonyl (C=O) groups is 1. The summed E-state index contributed by atoms with van der Waals surface area (Å²) < 4.78 is 5.38. The zero-order valence-electron chi connectivity index (χ0n) is 16.3. The summed E-state index contributed by atoms with van der Waals surface area (Å²) in [5.74, 6) is 2.02. The lowest BCUT2D eigenvalue weighted by atomic mass is 9.84. The normalized spacial score (nSPS) is 28.3. The highest BCUT2D eigenvalue weighted by Crippen LogP contribution is 2.47. The van der Waals surface area contributed by atoms with Crippen molar-refractivity contribution < 1.29 is 9.53 Å². The first-order valence-electron chi connectivity index (χ1n) is 10.00. The zero-order valence-corrected chi connectivity index (χ0v) is 16.3. The Morgan fingerprint density at radius 2 is 2.04 bits per heavy atom. The van der Waals surface area contributed by atoms with Crippen molar-refractivity contribution in [1.29, 1.82) is 0 Å². The number of hydrogen-bond donors (Lipinski definition) is 2. The highest BCUT2D eigenvalue weighted by atomic mass is 16.5. The van der Waals surface area contributed by atoms with Gasteiger partial charge in [-0.2, -0.15) is 0 Å². The molecule has 144 valence electrons. The number of nitrogens with two attached hydrogens (primary N) is 1. The number of carbonyl (C=O) groups excluding carboxylic acids is 1. The van der Waals surface area contributed by atoms with Crippen molar-refractivity contribution in [3.63, 3.8) is 0 Å². The molecule has 0 saturated heterocycles. The van der Waals surface area contributed by atoms with Gasteiger partial charge in [-0.15, -0.1) is 0 Å².